The lowest BCUT2D eigenvalue weighted by molar-refractivity contribution is -0.129. The monoisotopic (exact) mass is 164 g/mol. The number of hydrogen-bond acceptors (Lipinski definition) is 3. The molecule has 0 spiro atoms. The van der Waals surface area contributed by atoms with Crippen LogP contribution in [0.15, 0.2) is 10.6 Å². The molecule has 0 aromatic carbocycles. The molecule has 0 aliphatic heterocycles. The van der Waals surface area contributed by atoms with Crippen molar-refractivity contribution >= 4 is 5.88 Å². The number of anilines is 1. The topological polar surface area (TPSA) is 52.0 Å². The van der Waals surface area contributed by atoms with E-state index in [2.05, 4.69) is 12.1 Å². The molecule has 64 valence electrons. The van der Waals surface area contributed by atoms with Crippen molar-refractivity contribution in [3.8, 4) is 0 Å². The molecule has 1 aromatic rings. The Morgan fingerprint density at radius 1 is 1.50 bits per heavy atom. The van der Waals surface area contributed by atoms with Crippen LogP contribution in [0.2, 0.25) is 0 Å². The van der Waals surface area contributed by atoms with Gasteiger partial charge in [0.2, 0.25) is 5.88 Å². The van der Waals surface area contributed by atoms with E-state index < -0.39 is 0 Å². The van der Waals surface area contributed by atoms with E-state index >= 15 is 0 Å². The zero-order valence-electron chi connectivity index (χ0n) is 7.13. The molecular formula is C9H12N2O. The summed E-state index contributed by atoms with van der Waals surface area (Å²) in [5.74, 6) is 0.444. The summed E-state index contributed by atoms with van der Waals surface area (Å²) in [6.45, 7) is 2.33. The molecule has 1 heterocycles. The summed E-state index contributed by atoms with van der Waals surface area (Å²) in [7, 11) is 0. The van der Waals surface area contributed by atoms with Gasteiger partial charge in [-0.15, -0.1) is 0 Å². The van der Waals surface area contributed by atoms with Gasteiger partial charge in [0.1, 0.15) is 0 Å². The molecular weight excluding hydrogens is 152 g/mol. The first-order chi connectivity index (χ1) is 5.62. The minimum Gasteiger partial charge on any atom is -0.368 e. The number of rotatable bonds is 1. The van der Waals surface area contributed by atoms with Gasteiger partial charge in [-0.2, -0.15) is 0 Å². The second kappa shape index (κ2) is 1.53. The summed E-state index contributed by atoms with van der Waals surface area (Å²) in [4.78, 5) is 0. The summed E-state index contributed by atoms with van der Waals surface area (Å²) < 4.78 is 4.87. The summed E-state index contributed by atoms with van der Waals surface area (Å²) in [6.07, 6.45) is 3.81. The van der Waals surface area contributed by atoms with Crippen LogP contribution in [0.5, 0.6) is 0 Å². The van der Waals surface area contributed by atoms with Gasteiger partial charge in [-0.1, -0.05) is 12.1 Å². The minimum absolute atomic E-state index is 0.357. The molecule has 3 fully saturated rings. The fraction of sp³-hybridized carbons (Fsp3) is 0.667. The van der Waals surface area contributed by atoms with E-state index in [0.29, 0.717) is 16.7 Å². The maximum Gasteiger partial charge on any atom is 0.222 e. The fourth-order valence-electron chi connectivity index (χ4n) is 3.11. The van der Waals surface area contributed by atoms with Crippen LogP contribution >= 0.6 is 0 Å². The molecule has 3 heteroatoms. The molecule has 2 N–H and O–H groups in total. The molecule has 3 aliphatic carbocycles. The molecule has 0 unspecified atom stereocenters. The lowest BCUT2D eigenvalue weighted by Crippen LogP contribution is -2.62. The molecule has 0 saturated heterocycles. The summed E-state index contributed by atoms with van der Waals surface area (Å²) in [5, 5.41) is 3.98. The quantitative estimate of drug-likeness (QED) is 0.687. The van der Waals surface area contributed by atoms with Crippen molar-refractivity contribution in [3.05, 3.63) is 11.8 Å². The Balaban J connectivity index is 1.93. The third-order valence-electron chi connectivity index (χ3n) is 3.37. The average molecular weight is 164 g/mol. The fourth-order valence-corrected chi connectivity index (χ4v) is 3.11. The predicted octanol–water partition coefficient (Wildman–Crippen LogP) is 1.70. The van der Waals surface area contributed by atoms with Crippen LogP contribution < -0.4 is 5.73 Å². The number of hydrogen-bond donors (Lipinski definition) is 1. The smallest absolute Gasteiger partial charge is 0.222 e. The summed E-state index contributed by atoms with van der Waals surface area (Å²) >= 11 is 0. The first kappa shape index (κ1) is 6.52. The number of nitrogens with zero attached hydrogens (tertiary/aromatic N) is 1. The first-order valence-electron chi connectivity index (χ1n) is 4.35. The van der Waals surface area contributed by atoms with Gasteiger partial charge in [0, 0.05) is 11.5 Å². The van der Waals surface area contributed by atoms with Crippen molar-refractivity contribution in [2.24, 2.45) is 5.41 Å². The predicted molar refractivity (Wildman–Crippen MR) is 44.6 cm³/mol. The standard InChI is InChI=1S/C9H12N2O/c1-8-3-9(4-8,5-8)6-2-7(10)12-11-6/h2H,3-5,10H2,1H3. The van der Waals surface area contributed by atoms with Crippen molar-refractivity contribution in [2.75, 3.05) is 5.73 Å². The Kier molecular flexibility index (Phi) is 0.834. The molecule has 4 rings (SSSR count). The van der Waals surface area contributed by atoms with Crippen molar-refractivity contribution in [3.63, 3.8) is 0 Å². The van der Waals surface area contributed by atoms with Crippen LogP contribution in [0.3, 0.4) is 0 Å². The van der Waals surface area contributed by atoms with Gasteiger partial charge in [0.15, 0.2) is 0 Å². The van der Waals surface area contributed by atoms with E-state index in [4.69, 9.17) is 10.3 Å². The van der Waals surface area contributed by atoms with Crippen LogP contribution in [0.1, 0.15) is 31.9 Å². The zero-order chi connectivity index (χ0) is 8.40. The van der Waals surface area contributed by atoms with Crippen LogP contribution in [-0.4, -0.2) is 5.16 Å². The number of aromatic nitrogens is 1. The van der Waals surface area contributed by atoms with E-state index in [1.807, 2.05) is 6.07 Å². The highest BCUT2D eigenvalue weighted by atomic mass is 16.5. The van der Waals surface area contributed by atoms with Gasteiger partial charge in [-0.25, -0.2) is 0 Å². The lowest BCUT2D eigenvalue weighted by atomic mass is 9.35. The maximum atomic E-state index is 5.48. The molecule has 0 radical (unpaired) electrons. The van der Waals surface area contributed by atoms with E-state index in [1.165, 1.54) is 19.3 Å². The van der Waals surface area contributed by atoms with Crippen molar-refractivity contribution in [2.45, 2.75) is 31.6 Å². The summed E-state index contributed by atoms with van der Waals surface area (Å²) in [6, 6.07) is 1.87. The highest BCUT2D eigenvalue weighted by Gasteiger charge is 2.66. The highest BCUT2D eigenvalue weighted by molar-refractivity contribution is 5.37. The maximum absolute atomic E-state index is 5.48. The van der Waals surface area contributed by atoms with E-state index in [9.17, 15) is 0 Å². The van der Waals surface area contributed by atoms with Gasteiger partial charge in [0.25, 0.3) is 0 Å². The van der Waals surface area contributed by atoms with Gasteiger partial charge >= 0.3 is 0 Å². The van der Waals surface area contributed by atoms with E-state index in [0.717, 1.165) is 5.69 Å². The highest BCUT2D eigenvalue weighted by Crippen LogP contribution is 2.73. The third-order valence-corrected chi connectivity index (χ3v) is 3.37. The lowest BCUT2D eigenvalue weighted by Gasteiger charge is -2.68. The molecule has 0 amide bonds. The molecule has 3 aliphatic rings. The molecule has 0 atom stereocenters. The van der Waals surface area contributed by atoms with Crippen molar-refractivity contribution in [1.29, 1.82) is 0 Å². The molecule has 12 heavy (non-hydrogen) atoms. The van der Waals surface area contributed by atoms with Gasteiger partial charge < -0.3 is 10.3 Å². The minimum atomic E-state index is 0.357. The second-order valence-electron chi connectivity index (χ2n) is 4.74. The Morgan fingerprint density at radius 2 is 2.17 bits per heavy atom. The molecule has 3 nitrogen and oxygen atoms in total. The Bertz CT molecular complexity index is 322. The van der Waals surface area contributed by atoms with E-state index in [-0.39, 0.29) is 0 Å². The normalized spacial score (nSPS) is 43.4. The van der Waals surface area contributed by atoms with Crippen molar-refractivity contribution in [1.82, 2.24) is 5.16 Å². The van der Waals surface area contributed by atoms with Gasteiger partial charge in [-0.3, -0.25) is 0 Å². The van der Waals surface area contributed by atoms with Gasteiger partial charge in [0.05, 0.1) is 5.69 Å². The van der Waals surface area contributed by atoms with Gasteiger partial charge in [-0.05, 0) is 24.7 Å². The van der Waals surface area contributed by atoms with Crippen molar-refractivity contribution < 1.29 is 4.52 Å². The van der Waals surface area contributed by atoms with Crippen LogP contribution in [-0.2, 0) is 5.41 Å². The largest absolute Gasteiger partial charge is 0.368 e. The third kappa shape index (κ3) is 0.564. The van der Waals surface area contributed by atoms with Crippen LogP contribution in [0.4, 0.5) is 5.88 Å². The zero-order valence-corrected chi connectivity index (χ0v) is 7.13. The molecule has 2 bridgehead atoms. The number of nitrogen functional groups attached to an aromatic ring is 1. The van der Waals surface area contributed by atoms with Crippen LogP contribution in [0.25, 0.3) is 0 Å². The molecule has 1 aromatic heterocycles. The van der Waals surface area contributed by atoms with Crippen LogP contribution in [0, 0.1) is 5.41 Å². The first-order valence-corrected chi connectivity index (χ1v) is 4.35. The number of nitrogens with two attached hydrogens (primary N) is 1. The van der Waals surface area contributed by atoms with E-state index in [1.54, 1.807) is 0 Å². The summed E-state index contributed by atoms with van der Waals surface area (Å²) in [5.41, 5.74) is 7.52. The Hall–Kier alpha value is -0.990. The Morgan fingerprint density at radius 3 is 2.58 bits per heavy atom. The Labute approximate surface area is 70.9 Å². The SMILES string of the molecule is CC12CC(c3cc(N)on3)(C1)C2. The average Bonchev–Trinajstić information content (AvgIpc) is 2.26. The molecule has 3 saturated carbocycles. The second-order valence-corrected chi connectivity index (χ2v) is 4.74.